The summed E-state index contributed by atoms with van der Waals surface area (Å²) in [7, 11) is 0. The molecule has 1 heterocycles. The van der Waals surface area contributed by atoms with E-state index in [1.54, 1.807) is 16.2 Å². The molecule has 1 aromatic carbocycles. The van der Waals surface area contributed by atoms with E-state index in [0.717, 1.165) is 17.5 Å². The summed E-state index contributed by atoms with van der Waals surface area (Å²) < 4.78 is 0. The van der Waals surface area contributed by atoms with Gasteiger partial charge in [0.05, 0.1) is 12.6 Å². The van der Waals surface area contributed by atoms with Crippen LogP contribution in [0.1, 0.15) is 43.0 Å². The molecule has 0 aliphatic heterocycles. The van der Waals surface area contributed by atoms with Gasteiger partial charge in [0.15, 0.2) is 0 Å². The molecule has 25 heavy (non-hydrogen) atoms. The maximum Gasteiger partial charge on any atom is 0.318 e. The number of carbonyl (C=O) groups is 1. The number of thiophene rings is 1. The van der Waals surface area contributed by atoms with Crippen LogP contribution >= 0.6 is 11.3 Å². The normalized spacial score (nSPS) is 12.2. The van der Waals surface area contributed by atoms with E-state index in [4.69, 9.17) is 0 Å². The molecule has 1 aromatic heterocycles. The number of nitrogens with zero attached hydrogens (tertiary/aromatic N) is 1. The summed E-state index contributed by atoms with van der Waals surface area (Å²) in [6, 6.07) is 10.0. The Kier molecular flexibility index (Phi) is 7.47. The van der Waals surface area contributed by atoms with E-state index in [1.165, 1.54) is 5.56 Å². The standard InChI is InChI=1S/C20H28N2O2S/c1-15(2)12-19(18-7-5-4-6-16(18)3)21-20(24)22(9-10-23)13-17-8-11-25-14-17/h4-8,11,14-15,19,23H,9-10,12-13H2,1-3H3,(H,21,24). The predicted molar refractivity (Wildman–Crippen MR) is 104 cm³/mol. The Hall–Kier alpha value is -1.85. The first-order valence-corrected chi connectivity index (χ1v) is 9.68. The van der Waals surface area contributed by atoms with Crippen LogP contribution in [0.5, 0.6) is 0 Å². The van der Waals surface area contributed by atoms with Crippen molar-refractivity contribution in [2.75, 3.05) is 13.2 Å². The zero-order valence-corrected chi connectivity index (χ0v) is 16.1. The minimum atomic E-state index is -0.130. The van der Waals surface area contributed by atoms with E-state index in [0.29, 0.717) is 19.0 Å². The average molecular weight is 361 g/mol. The van der Waals surface area contributed by atoms with Crippen LogP contribution in [0.25, 0.3) is 0 Å². The molecular weight excluding hydrogens is 332 g/mol. The lowest BCUT2D eigenvalue weighted by Gasteiger charge is -2.28. The summed E-state index contributed by atoms with van der Waals surface area (Å²) in [5, 5.41) is 16.5. The van der Waals surface area contributed by atoms with Gasteiger partial charge in [-0.3, -0.25) is 0 Å². The van der Waals surface area contributed by atoms with Crippen LogP contribution in [0, 0.1) is 12.8 Å². The second kappa shape index (κ2) is 9.59. The second-order valence-corrected chi connectivity index (χ2v) is 7.55. The summed E-state index contributed by atoms with van der Waals surface area (Å²) in [6.45, 7) is 7.19. The lowest BCUT2D eigenvalue weighted by molar-refractivity contribution is 0.169. The van der Waals surface area contributed by atoms with Gasteiger partial charge in [-0.2, -0.15) is 11.3 Å². The van der Waals surface area contributed by atoms with Crippen molar-refractivity contribution in [2.45, 2.75) is 39.8 Å². The van der Waals surface area contributed by atoms with Crippen LogP contribution in [-0.2, 0) is 6.54 Å². The Morgan fingerprint density at radius 1 is 1.28 bits per heavy atom. The number of hydrogen-bond acceptors (Lipinski definition) is 3. The molecule has 1 atom stereocenters. The fraction of sp³-hybridized carbons (Fsp3) is 0.450. The molecule has 4 nitrogen and oxygen atoms in total. The van der Waals surface area contributed by atoms with E-state index in [1.807, 2.05) is 29.0 Å². The third-order valence-electron chi connectivity index (χ3n) is 4.18. The molecule has 1 unspecified atom stereocenters. The van der Waals surface area contributed by atoms with Gasteiger partial charge < -0.3 is 15.3 Å². The highest BCUT2D eigenvalue weighted by Gasteiger charge is 2.21. The van der Waals surface area contributed by atoms with Crippen molar-refractivity contribution < 1.29 is 9.90 Å². The first-order chi connectivity index (χ1) is 12.0. The molecule has 0 saturated carbocycles. The SMILES string of the molecule is Cc1ccccc1C(CC(C)C)NC(=O)N(CCO)Cc1ccsc1. The van der Waals surface area contributed by atoms with E-state index in [2.05, 4.69) is 38.2 Å². The van der Waals surface area contributed by atoms with Crippen molar-refractivity contribution in [3.8, 4) is 0 Å². The Labute approximate surface area is 154 Å². The number of aryl methyl sites for hydroxylation is 1. The number of aliphatic hydroxyl groups is 1. The lowest BCUT2D eigenvalue weighted by Crippen LogP contribution is -2.43. The fourth-order valence-electron chi connectivity index (χ4n) is 2.93. The Bertz CT molecular complexity index is 655. The number of aliphatic hydroxyl groups excluding tert-OH is 1. The smallest absolute Gasteiger partial charge is 0.318 e. The topological polar surface area (TPSA) is 52.6 Å². The molecule has 2 rings (SSSR count). The summed E-state index contributed by atoms with van der Waals surface area (Å²) in [5.41, 5.74) is 3.42. The summed E-state index contributed by atoms with van der Waals surface area (Å²) in [5.74, 6) is 0.466. The monoisotopic (exact) mass is 360 g/mol. The molecule has 0 fully saturated rings. The Morgan fingerprint density at radius 2 is 2.04 bits per heavy atom. The van der Waals surface area contributed by atoms with Crippen LogP contribution in [0.4, 0.5) is 4.79 Å². The predicted octanol–water partition coefficient (Wildman–Crippen LogP) is 4.35. The van der Waals surface area contributed by atoms with E-state index >= 15 is 0 Å². The van der Waals surface area contributed by atoms with Crippen molar-refractivity contribution in [1.29, 1.82) is 0 Å². The third kappa shape index (κ3) is 5.87. The molecule has 0 saturated heterocycles. The van der Waals surface area contributed by atoms with Gasteiger partial charge in [-0.1, -0.05) is 38.1 Å². The number of urea groups is 1. The highest BCUT2D eigenvalue weighted by molar-refractivity contribution is 7.07. The quantitative estimate of drug-likeness (QED) is 0.735. The number of amides is 2. The minimum absolute atomic E-state index is 0.0302. The first kappa shape index (κ1) is 19.5. The molecule has 0 radical (unpaired) electrons. The molecule has 2 amide bonds. The fourth-order valence-corrected chi connectivity index (χ4v) is 3.59. The molecule has 0 bridgehead atoms. The van der Waals surface area contributed by atoms with Crippen LogP contribution < -0.4 is 5.32 Å². The zero-order chi connectivity index (χ0) is 18.2. The van der Waals surface area contributed by atoms with Crippen molar-refractivity contribution in [2.24, 2.45) is 5.92 Å². The van der Waals surface area contributed by atoms with Gasteiger partial charge in [-0.05, 0) is 52.8 Å². The molecule has 0 spiro atoms. The van der Waals surface area contributed by atoms with Gasteiger partial charge in [0.1, 0.15) is 0 Å². The summed E-state index contributed by atoms with van der Waals surface area (Å²) in [6.07, 6.45) is 0.877. The van der Waals surface area contributed by atoms with Crippen molar-refractivity contribution in [3.63, 3.8) is 0 Å². The highest BCUT2D eigenvalue weighted by Crippen LogP contribution is 2.24. The molecule has 2 aromatic rings. The molecule has 5 heteroatoms. The Morgan fingerprint density at radius 3 is 2.64 bits per heavy atom. The maximum atomic E-state index is 12.8. The van der Waals surface area contributed by atoms with Crippen LogP contribution in [0.2, 0.25) is 0 Å². The largest absolute Gasteiger partial charge is 0.395 e. The van der Waals surface area contributed by atoms with Crippen molar-refractivity contribution >= 4 is 17.4 Å². The zero-order valence-electron chi connectivity index (χ0n) is 15.2. The maximum absolute atomic E-state index is 12.8. The molecule has 0 aliphatic rings. The number of carbonyl (C=O) groups excluding carboxylic acids is 1. The van der Waals surface area contributed by atoms with Gasteiger partial charge >= 0.3 is 6.03 Å². The van der Waals surface area contributed by atoms with Crippen LogP contribution in [0.3, 0.4) is 0 Å². The number of benzene rings is 1. The molecular formula is C20H28N2O2S. The number of nitrogens with one attached hydrogen (secondary N) is 1. The molecule has 136 valence electrons. The van der Waals surface area contributed by atoms with E-state index in [-0.39, 0.29) is 18.7 Å². The van der Waals surface area contributed by atoms with E-state index < -0.39 is 0 Å². The first-order valence-electron chi connectivity index (χ1n) is 8.74. The second-order valence-electron chi connectivity index (χ2n) is 6.76. The summed E-state index contributed by atoms with van der Waals surface area (Å²) in [4.78, 5) is 14.5. The van der Waals surface area contributed by atoms with Crippen molar-refractivity contribution in [1.82, 2.24) is 10.2 Å². The van der Waals surface area contributed by atoms with Gasteiger partial charge in [0, 0.05) is 13.1 Å². The lowest BCUT2D eigenvalue weighted by atomic mass is 9.94. The number of rotatable bonds is 8. The molecule has 2 N–H and O–H groups in total. The van der Waals surface area contributed by atoms with Gasteiger partial charge in [0.2, 0.25) is 0 Å². The van der Waals surface area contributed by atoms with Gasteiger partial charge in [-0.15, -0.1) is 0 Å². The van der Waals surface area contributed by atoms with Gasteiger partial charge in [0.25, 0.3) is 0 Å². The van der Waals surface area contributed by atoms with Crippen LogP contribution in [0.15, 0.2) is 41.1 Å². The van der Waals surface area contributed by atoms with Gasteiger partial charge in [-0.25, -0.2) is 4.79 Å². The van der Waals surface area contributed by atoms with E-state index in [9.17, 15) is 9.90 Å². The highest BCUT2D eigenvalue weighted by atomic mass is 32.1. The third-order valence-corrected chi connectivity index (χ3v) is 4.91. The van der Waals surface area contributed by atoms with Crippen molar-refractivity contribution in [3.05, 3.63) is 57.8 Å². The summed E-state index contributed by atoms with van der Waals surface area (Å²) >= 11 is 1.61. The molecule has 0 aliphatic carbocycles. The van der Waals surface area contributed by atoms with Crippen LogP contribution in [-0.4, -0.2) is 29.2 Å². The average Bonchev–Trinajstić information content (AvgIpc) is 3.07. The Balaban J connectivity index is 2.14. The number of hydrogen-bond donors (Lipinski definition) is 2. The minimum Gasteiger partial charge on any atom is -0.395 e.